The van der Waals surface area contributed by atoms with Crippen LogP contribution in [-0.4, -0.2) is 85.1 Å². The number of carbonyl (C=O) groups excluding carboxylic acids is 1. The maximum absolute atomic E-state index is 13.1. The van der Waals surface area contributed by atoms with Gasteiger partial charge in [-0.3, -0.25) is 0 Å². The summed E-state index contributed by atoms with van der Waals surface area (Å²) in [6, 6.07) is 0. The van der Waals surface area contributed by atoms with Crippen molar-refractivity contribution in [3.63, 3.8) is 0 Å². The molecule has 11 fully saturated rings. The van der Waals surface area contributed by atoms with Gasteiger partial charge in [0.25, 0.3) is 0 Å². The molecular formula is C92H146O9. The van der Waals surface area contributed by atoms with Crippen LogP contribution in [-0.2, 0) is 14.3 Å². The van der Waals surface area contributed by atoms with Gasteiger partial charge in [-0.2, -0.15) is 0 Å². The van der Waals surface area contributed by atoms with Gasteiger partial charge in [-0.1, -0.05) is 230 Å². The van der Waals surface area contributed by atoms with Crippen molar-refractivity contribution in [2.75, 3.05) is 0 Å². The Labute approximate surface area is 614 Å². The summed E-state index contributed by atoms with van der Waals surface area (Å²) in [4.78, 5) is 13.1. The minimum atomic E-state index is -0.747. The van der Waals surface area contributed by atoms with Gasteiger partial charge < -0.3 is 44.9 Å². The molecule has 14 rings (SSSR count). The minimum Gasteiger partial charge on any atom is -0.392 e. The van der Waals surface area contributed by atoms with Crippen molar-refractivity contribution in [1.29, 1.82) is 0 Å². The number of aliphatic hydroxyl groups is 6. The molecule has 4 bridgehead atoms. The van der Waals surface area contributed by atoms with Crippen LogP contribution in [0.1, 0.15) is 287 Å². The predicted molar refractivity (Wildman–Crippen MR) is 410 cm³/mol. The van der Waals surface area contributed by atoms with Gasteiger partial charge in [-0.25, -0.2) is 0 Å². The molecule has 6 N–H and O–H groups in total. The van der Waals surface area contributed by atoms with Crippen LogP contribution in [0.2, 0.25) is 0 Å². The summed E-state index contributed by atoms with van der Waals surface area (Å²) in [7, 11) is 0. The number of hydrogen-bond donors (Lipinski definition) is 6. The van der Waals surface area contributed by atoms with Crippen LogP contribution in [0.25, 0.3) is 0 Å². The number of aldehydes is 1. The van der Waals surface area contributed by atoms with Crippen molar-refractivity contribution >= 4 is 6.29 Å². The number of allylic oxidation sites excluding steroid dienone is 9. The molecule has 2 spiro atoms. The lowest BCUT2D eigenvalue weighted by Crippen LogP contribution is -2.65. The molecular weight excluding hydrogens is 1250 g/mol. The molecule has 0 aromatic rings. The topological polar surface area (TPSA) is 157 Å². The Balaban J connectivity index is 0.000000143. The molecule has 12 aliphatic carbocycles. The number of carbonyl (C=O) groups is 1. The van der Waals surface area contributed by atoms with E-state index in [1.54, 1.807) is 0 Å². The van der Waals surface area contributed by atoms with Crippen molar-refractivity contribution in [3.8, 4) is 0 Å². The average molecular weight is 1400 g/mol. The number of aliphatic hydroxyl groups excluding tert-OH is 6. The van der Waals surface area contributed by atoms with Crippen molar-refractivity contribution in [2.45, 2.75) is 335 Å². The zero-order valence-electron chi connectivity index (χ0n) is 67.8. The summed E-state index contributed by atoms with van der Waals surface area (Å²) in [5, 5.41) is 67.6. The quantitative estimate of drug-likeness (QED) is 0.0673. The Morgan fingerprint density at radius 3 is 1.30 bits per heavy atom. The van der Waals surface area contributed by atoms with E-state index in [0.717, 1.165) is 107 Å². The molecule has 9 saturated carbocycles. The van der Waals surface area contributed by atoms with E-state index < -0.39 is 69.9 Å². The number of hydrogen-bond acceptors (Lipinski definition) is 9. The van der Waals surface area contributed by atoms with Crippen LogP contribution >= 0.6 is 0 Å². The maximum atomic E-state index is 13.1. The highest BCUT2D eigenvalue weighted by atomic mass is 16.6. The molecule has 568 valence electrons. The molecule has 2 aliphatic heterocycles. The molecule has 9 nitrogen and oxygen atoms in total. The second kappa shape index (κ2) is 25.6. The summed E-state index contributed by atoms with van der Waals surface area (Å²) < 4.78 is 13.2. The molecule has 29 atom stereocenters. The highest BCUT2D eigenvalue weighted by Gasteiger charge is 2.81. The lowest BCUT2D eigenvalue weighted by molar-refractivity contribution is -0.213. The Morgan fingerprint density at radius 1 is 0.505 bits per heavy atom. The highest BCUT2D eigenvalue weighted by Crippen LogP contribution is 2.82. The highest BCUT2D eigenvalue weighted by molar-refractivity contribution is 5.65. The molecule has 14 aliphatic rings. The lowest BCUT2D eigenvalue weighted by Gasteiger charge is -2.66. The van der Waals surface area contributed by atoms with Crippen molar-refractivity contribution in [3.05, 3.63) is 84.6 Å². The van der Waals surface area contributed by atoms with Crippen molar-refractivity contribution in [2.24, 2.45) is 147 Å². The molecule has 9 heteroatoms. The number of ether oxygens (including phenoxy) is 2. The van der Waals surface area contributed by atoms with Crippen LogP contribution < -0.4 is 0 Å². The van der Waals surface area contributed by atoms with Gasteiger partial charge >= 0.3 is 0 Å². The molecule has 2 heterocycles. The molecule has 0 amide bonds. The first-order valence-corrected chi connectivity index (χ1v) is 41.4. The average Bonchev–Trinajstić information content (AvgIpc) is 1.55. The summed E-state index contributed by atoms with van der Waals surface area (Å²) in [5.74, 6) is 5.24. The zero-order valence-corrected chi connectivity index (χ0v) is 67.8. The second-order valence-electron chi connectivity index (χ2n) is 43.2. The maximum Gasteiger partial charge on any atom is 0.162 e. The smallest absolute Gasteiger partial charge is 0.162 e. The fourth-order valence-electron chi connectivity index (χ4n) is 29.3. The first kappa shape index (κ1) is 78.1. The molecule has 17 unspecified atom stereocenters. The molecule has 0 aromatic carbocycles. The first-order chi connectivity index (χ1) is 46.7. The molecule has 2 saturated heterocycles. The van der Waals surface area contributed by atoms with E-state index in [1.165, 1.54) is 44.8 Å². The fourth-order valence-corrected chi connectivity index (χ4v) is 29.3. The van der Waals surface area contributed by atoms with Crippen molar-refractivity contribution in [1.82, 2.24) is 0 Å². The van der Waals surface area contributed by atoms with Gasteiger partial charge in [0, 0.05) is 50.2 Å². The predicted octanol–water partition coefficient (Wildman–Crippen LogP) is 20.0. The summed E-state index contributed by atoms with van der Waals surface area (Å²) >= 11 is 0. The van der Waals surface area contributed by atoms with E-state index in [-0.39, 0.29) is 77.8 Å². The standard InChI is InChI=1S/2C31H50O3.C30H46O3/c1-20(10-9-15-26(2,3)4)21-13-16-29(8)22-14-17-31-23(11-12-24(32)27(31,5)6)30(22,25(33)34-31)19-18-28(21,29)7;1-20(10-9-14-27(2,3)4)21-13-15-30(8)26-24(33)18-23-22(11-12-25(34)28(23,5)6)31(26,19-32)17-16-29(21,30)7;1-19(2)9-8-10-20(3)21-13-15-28(7)22-14-16-30-23(11-12-24(31)26(30,4)5)29(22,25(32)33-30)18-17-27(21,28)6/h9,14-15,17,20-25,32-33H,10-13,16,18-19H2,1-8H3;9,14,18-22,24-26,33-34H,10-13,15-17H2,1-8H3;8-9,14,16,20-25,31-32H,1,10-13,15,17-18H2,2-7H3/b15-9+;14-9+;9-8+/t20-,21?,22?,23+,24+,25?,28?,29+,30?,31?;20-,21?,22-,24+,25+,26?,29?,30+,31?;20-,21?,22?,23?,24?,25-,27?,28+,29?,30?/m111/s1. The van der Waals surface area contributed by atoms with E-state index in [1.807, 2.05) is 0 Å². The monoisotopic (exact) mass is 1400 g/mol. The molecule has 101 heavy (non-hydrogen) atoms. The van der Waals surface area contributed by atoms with E-state index in [4.69, 9.17) is 9.47 Å². The zero-order chi connectivity index (χ0) is 74.3. The van der Waals surface area contributed by atoms with Crippen LogP contribution in [0.3, 0.4) is 0 Å². The summed E-state index contributed by atoms with van der Waals surface area (Å²) in [6.45, 7) is 54.8. The van der Waals surface area contributed by atoms with Crippen LogP contribution in [0.4, 0.5) is 0 Å². The number of rotatable bonds is 11. The first-order valence-electron chi connectivity index (χ1n) is 41.4. The van der Waals surface area contributed by atoms with E-state index >= 15 is 0 Å². The SMILES string of the molecule is C=C(C)/C=C/C[C@@H](C)C1CC[C@@]2(C)C3C=CC45O[C@@H](O)C3(CCC12C)C4CCC(O)C5(C)C.C[C@H](C/C=C/C(C)(C)C)C1CC[C@@]2(C)C3C=CC45OC(O)C3(CCC12C)[C@@H]4CC[C@H](O)C5(C)C.C[C@H](C/C=C/C(C)(C)C)C1CC[C@@]2(C)C3[C@@H](O)C=C4[C@@H](CC[C@H](O)C4(C)C)C3(C=O)CCC12C. The van der Waals surface area contributed by atoms with Gasteiger partial charge in [0.1, 0.15) is 17.5 Å². The molecule has 0 aromatic heterocycles. The molecule has 0 radical (unpaired) electrons. The fraction of sp³-hybridized carbons (Fsp3) is 0.837. The lowest BCUT2D eigenvalue weighted by atomic mass is 9.38. The van der Waals surface area contributed by atoms with E-state index in [2.05, 4.69) is 226 Å². The van der Waals surface area contributed by atoms with Crippen LogP contribution in [0.5, 0.6) is 0 Å². The minimum absolute atomic E-state index is 0.0432. The van der Waals surface area contributed by atoms with Gasteiger partial charge in [0.15, 0.2) is 12.6 Å². The summed E-state index contributed by atoms with van der Waals surface area (Å²) in [6.07, 6.45) is 45.5. The Kier molecular flexibility index (Phi) is 19.8. The summed E-state index contributed by atoms with van der Waals surface area (Å²) in [5.41, 5.74) is 0.360. The Hall–Kier alpha value is -2.47. The third kappa shape index (κ3) is 10.9. The van der Waals surface area contributed by atoms with Crippen LogP contribution in [0.15, 0.2) is 84.6 Å². The van der Waals surface area contributed by atoms with E-state index in [9.17, 15) is 35.4 Å². The Bertz CT molecular complexity index is 3310. The van der Waals surface area contributed by atoms with E-state index in [0.29, 0.717) is 47.3 Å². The van der Waals surface area contributed by atoms with Gasteiger partial charge in [-0.15, -0.1) is 0 Å². The van der Waals surface area contributed by atoms with Crippen molar-refractivity contribution < 1.29 is 44.9 Å². The van der Waals surface area contributed by atoms with Gasteiger partial charge in [0.2, 0.25) is 0 Å². The third-order valence-electron chi connectivity index (χ3n) is 35.9. The second-order valence-corrected chi connectivity index (χ2v) is 43.2. The van der Waals surface area contributed by atoms with Gasteiger partial charge in [0.05, 0.1) is 24.4 Å². The largest absolute Gasteiger partial charge is 0.392 e. The van der Waals surface area contributed by atoms with Gasteiger partial charge in [-0.05, 0) is 238 Å². The third-order valence-corrected chi connectivity index (χ3v) is 35.9. The Morgan fingerprint density at radius 2 is 0.891 bits per heavy atom. The van der Waals surface area contributed by atoms with Crippen LogP contribution in [0, 0.1) is 147 Å². The normalized spacial score (nSPS) is 50.7. The number of fused-ring (bicyclic) bond motifs is 9.